The summed E-state index contributed by atoms with van der Waals surface area (Å²) in [6.07, 6.45) is 0. The highest BCUT2D eigenvalue weighted by Crippen LogP contribution is 2.21. The molecule has 0 aliphatic carbocycles. The zero-order valence-electron chi connectivity index (χ0n) is 11.0. The van der Waals surface area contributed by atoms with Crippen LogP contribution in [0.25, 0.3) is 0 Å². The molecule has 1 aromatic carbocycles. The van der Waals surface area contributed by atoms with E-state index in [-0.39, 0.29) is 0 Å². The predicted molar refractivity (Wildman–Crippen MR) is 72.3 cm³/mol. The molecular formula is C14H23N3. The van der Waals surface area contributed by atoms with Gasteiger partial charge in [-0.2, -0.15) is 0 Å². The Bertz CT molecular complexity index is 364. The van der Waals surface area contributed by atoms with E-state index in [1.165, 1.54) is 11.1 Å². The van der Waals surface area contributed by atoms with Gasteiger partial charge in [0.25, 0.3) is 0 Å². The van der Waals surface area contributed by atoms with Crippen molar-refractivity contribution in [2.75, 3.05) is 33.7 Å². The van der Waals surface area contributed by atoms with E-state index in [0.717, 1.165) is 19.6 Å². The van der Waals surface area contributed by atoms with Gasteiger partial charge in [-0.25, -0.2) is 0 Å². The summed E-state index contributed by atoms with van der Waals surface area (Å²) in [5.74, 6) is 0. The van der Waals surface area contributed by atoms with E-state index in [4.69, 9.17) is 0 Å². The third-order valence-corrected chi connectivity index (χ3v) is 3.65. The normalized spacial score (nSPS) is 23.6. The summed E-state index contributed by atoms with van der Waals surface area (Å²) < 4.78 is 0. The number of likely N-dealkylation sites (N-methyl/N-ethyl adjacent to an activating group) is 2. The van der Waals surface area contributed by atoms with Crippen LogP contribution in [0.4, 0.5) is 0 Å². The lowest BCUT2D eigenvalue weighted by atomic mass is 9.94. The van der Waals surface area contributed by atoms with Crippen LogP contribution in [-0.4, -0.2) is 44.7 Å². The molecule has 2 rings (SSSR count). The largest absolute Gasteiger partial charge is 0.312 e. The maximum absolute atomic E-state index is 3.62. The molecule has 1 aliphatic rings. The van der Waals surface area contributed by atoms with E-state index in [0.29, 0.717) is 12.1 Å². The molecule has 1 fully saturated rings. The monoisotopic (exact) mass is 233 g/mol. The number of nitrogens with zero attached hydrogens (tertiary/aromatic N) is 1. The van der Waals surface area contributed by atoms with Crippen molar-refractivity contribution in [3.63, 3.8) is 0 Å². The molecule has 0 aromatic heterocycles. The topological polar surface area (TPSA) is 27.3 Å². The highest BCUT2D eigenvalue weighted by Gasteiger charge is 2.26. The van der Waals surface area contributed by atoms with Crippen LogP contribution in [0.2, 0.25) is 0 Å². The fraction of sp³-hybridized carbons (Fsp3) is 0.571. The van der Waals surface area contributed by atoms with Crippen molar-refractivity contribution in [2.24, 2.45) is 0 Å². The average molecular weight is 233 g/mol. The van der Waals surface area contributed by atoms with Crippen LogP contribution in [-0.2, 0) is 0 Å². The molecule has 2 N–H and O–H groups in total. The van der Waals surface area contributed by atoms with Gasteiger partial charge in [0.2, 0.25) is 0 Å². The number of hydrogen-bond acceptors (Lipinski definition) is 3. The Hall–Kier alpha value is -0.900. The van der Waals surface area contributed by atoms with Gasteiger partial charge in [-0.05, 0) is 32.1 Å². The van der Waals surface area contributed by atoms with E-state index in [1.54, 1.807) is 0 Å². The van der Waals surface area contributed by atoms with Crippen molar-refractivity contribution in [3.05, 3.63) is 35.4 Å². The van der Waals surface area contributed by atoms with Gasteiger partial charge >= 0.3 is 0 Å². The zero-order chi connectivity index (χ0) is 12.3. The first-order valence-corrected chi connectivity index (χ1v) is 6.37. The summed E-state index contributed by atoms with van der Waals surface area (Å²) in [4.78, 5) is 2.39. The molecule has 0 radical (unpaired) electrons. The standard InChI is InChI=1S/C14H23N3/c1-11-6-4-5-7-12(11)14(15-2)13-10-17(3)9-8-16-13/h4-7,13-16H,8-10H2,1-3H3. The molecule has 17 heavy (non-hydrogen) atoms. The zero-order valence-corrected chi connectivity index (χ0v) is 11.0. The summed E-state index contributed by atoms with van der Waals surface area (Å²) in [7, 11) is 4.24. The second-order valence-electron chi connectivity index (χ2n) is 4.95. The number of nitrogens with one attached hydrogen (secondary N) is 2. The first-order valence-electron chi connectivity index (χ1n) is 6.37. The number of piperazine rings is 1. The summed E-state index contributed by atoms with van der Waals surface area (Å²) in [5, 5.41) is 7.08. The third-order valence-electron chi connectivity index (χ3n) is 3.65. The lowest BCUT2D eigenvalue weighted by Gasteiger charge is -2.36. The van der Waals surface area contributed by atoms with E-state index in [2.05, 4.69) is 53.8 Å². The minimum atomic E-state index is 0.388. The smallest absolute Gasteiger partial charge is 0.0488 e. The van der Waals surface area contributed by atoms with Crippen molar-refractivity contribution in [3.8, 4) is 0 Å². The lowest BCUT2D eigenvalue weighted by molar-refractivity contribution is 0.209. The van der Waals surface area contributed by atoms with Crippen molar-refractivity contribution >= 4 is 0 Å². The Kier molecular flexibility index (Phi) is 4.15. The highest BCUT2D eigenvalue weighted by atomic mass is 15.2. The van der Waals surface area contributed by atoms with E-state index in [9.17, 15) is 0 Å². The first-order chi connectivity index (χ1) is 8.22. The number of aryl methyl sites for hydroxylation is 1. The van der Waals surface area contributed by atoms with Gasteiger partial charge < -0.3 is 15.5 Å². The summed E-state index contributed by atoms with van der Waals surface area (Å²) in [6, 6.07) is 9.52. The number of hydrogen-bond donors (Lipinski definition) is 2. The molecule has 1 aromatic rings. The van der Waals surface area contributed by atoms with Gasteiger partial charge in [-0.3, -0.25) is 0 Å². The fourth-order valence-electron chi connectivity index (χ4n) is 2.66. The molecule has 3 nitrogen and oxygen atoms in total. The van der Waals surface area contributed by atoms with Crippen LogP contribution in [0, 0.1) is 6.92 Å². The van der Waals surface area contributed by atoms with Gasteiger partial charge in [-0.1, -0.05) is 24.3 Å². The SMILES string of the molecule is CNC(c1ccccc1C)C1CN(C)CCN1. The maximum atomic E-state index is 3.62. The van der Waals surface area contributed by atoms with E-state index < -0.39 is 0 Å². The highest BCUT2D eigenvalue weighted by molar-refractivity contribution is 5.30. The Morgan fingerprint density at radius 1 is 1.41 bits per heavy atom. The Labute approximate surface area is 104 Å². The molecule has 0 saturated carbocycles. The van der Waals surface area contributed by atoms with Crippen molar-refractivity contribution < 1.29 is 0 Å². The molecule has 0 amide bonds. The minimum absolute atomic E-state index is 0.388. The Morgan fingerprint density at radius 3 is 2.82 bits per heavy atom. The molecule has 2 atom stereocenters. The van der Waals surface area contributed by atoms with Gasteiger partial charge in [0.1, 0.15) is 0 Å². The minimum Gasteiger partial charge on any atom is -0.312 e. The second kappa shape index (κ2) is 5.63. The van der Waals surface area contributed by atoms with Crippen molar-refractivity contribution in [2.45, 2.75) is 19.0 Å². The van der Waals surface area contributed by atoms with Crippen molar-refractivity contribution in [1.29, 1.82) is 0 Å². The van der Waals surface area contributed by atoms with Gasteiger partial charge in [0, 0.05) is 31.7 Å². The van der Waals surface area contributed by atoms with Crippen LogP contribution in [0.15, 0.2) is 24.3 Å². The number of rotatable bonds is 3. The van der Waals surface area contributed by atoms with Crippen LogP contribution < -0.4 is 10.6 Å². The molecule has 94 valence electrons. The summed E-state index contributed by atoms with van der Waals surface area (Å²) >= 11 is 0. The van der Waals surface area contributed by atoms with Crippen LogP contribution >= 0.6 is 0 Å². The number of benzene rings is 1. The van der Waals surface area contributed by atoms with Crippen molar-refractivity contribution in [1.82, 2.24) is 15.5 Å². The summed E-state index contributed by atoms with van der Waals surface area (Å²) in [6.45, 7) is 5.50. The maximum Gasteiger partial charge on any atom is 0.0488 e. The van der Waals surface area contributed by atoms with Gasteiger partial charge in [-0.15, -0.1) is 0 Å². The van der Waals surface area contributed by atoms with Gasteiger partial charge in [0.05, 0.1) is 0 Å². The molecule has 0 bridgehead atoms. The van der Waals surface area contributed by atoms with Gasteiger partial charge in [0.15, 0.2) is 0 Å². The second-order valence-corrected chi connectivity index (χ2v) is 4.95. The Balaban J connectivity index is 2.18. The third kappa shape index (κ3) is 2.86. The van der Waals surface area contributed by atoms with E-state index >= 15 is 0 Å². The molecule has 1 aliphatic heterocycles. The molecule has 0 spiro atoms. The fourth-order valence-corrected chi connectivity index (χ4v) is 2.66. The molecular weight excluding hydrogens is 210 g/mol. The molecule has 3 heteroatoms. The Morgan fingerprint density at radius 2 is 2.18 bits per heavy atom. The van der Waals surface area contributed by atoms with Crippen LogP contribution in [0.1, 0.15) is 17.2 Å². The van der Waals surface area contributed by atoms with Crippen LogP contribution in [0.5, 0.6) is 0 Å². The molecule has 2 unspecified atom stereocenters. The molecule has 1 saturated heterocycles. The van der Waals surface area contributed by atoms with E-state index in [1.807, 2.05) is 7.05 Å². The van der Waals surface area contributed by atoms with Crippen LogP contribution in [0.3, 0.4) is 0 Å². The summed E-state index contributed by atoms with van der Waals surface area (Å²) in [5.41, 5.74) is 2.77. The average Bonchev–Trinajstić information content (AvgIpc) is 2.33. The predicted octanol–water partition coefficient (Wildman–Crippen LogP) is 1.16. The quantitative estimate of drug-likeness (QED) is 0.820. The molecule has 1 heterocycles. The first kappa shape index (κ1) is 12.6. The lowest BCUT2D eigenvalue weighted by Crippen LogP contribution is -2.54.